The number of rotatable bonds is 5. The highest BCUT2D eigenvalue weighted by molar-refractivity contribution is 7.09. The molecule has 0 radical (unpaired) electrons. The lowest BCUT2D eigenvalue weighted by Crippen LogP contribution is -2.16. The Morgan fingerprint density at radius 2 is 2.58 bits per heavy atom. The molecule has 3 N–H and O–H groups in total. The van der Waals surface area contributed by atoms with Crippen molar-refractivity contribution in [1.29, 1.82) is 0 Å². The monoisotopic (exact) mass is 186 g/mol. The lowest BCUT2D eigenvalue weighted by atomic mass is 10.2. The fourth-order valence-electron chi connectivity index (χ4n) is 0.944. The van der Waals surface area contributed by atoms with Gasteiger partial charge < -0.3 is 11.1 Å². The van der Waals surface area contributed by atoms with E-state index in [1.807, 2.05) is 0 Å². The molecule has 1 rings (SSSR count). The Bertz CT molecular complexity index is 199. The van der Waals surface area contributed by atoms with E-state index in [1.54, 1.807) is 6.33 Å². The summed E-state index contributed by atoms with van der Waals surface area (Å²) in [6, 6.07) is 0.432. The van der Waals surface area contributed by atoms with Gasteiger partial charge in [-0.1, -0.05) is 0 Å². The van der Waals surface area contributed by atoms with Crippen LogP contribution in [-0.4, -0.2) is 21.9 Å². The van der Waals surface area contributed by atoms with Gasteiger partial charge in [-0.2, -0.15) is 4.37 Å². The molecule has 1 heterocycles. The first-order valence-electron chi connectivity index (χ1n) is 4.06. The Balaban J connectivity index is 2.22. The number of nitrogens with zero attached hydrogens (tertiary/aromatic N) is 2. The largest absolute Gasteiger partial charge is 0.358 e. The molecule has 1 atom stereocenters. The second-order valence-electron chi connectivity index (χ2n) is 2.72. The summed E-state index contributed by atoms with van der Waals surface area (Å²) in [5, 5.41) is 4.13. The minimum absolute atomic E-state index is 0.432. The van der Waals surface area contributed by atoms with Gasteiger partial charge >= 0.3 is 0 Å². The van der Waals surface area contributed by atoms with Gasteiger partial charge in [0.2, 0.25) is 5.13 Å². The molecule has 0 fully saturated rings. The normalized spacial score (nSPS) is 12.8. The van der Waals surface area contributed by atoms with Crippen molar-refractivity contribution in [3.8, 4) is 0 Å². The van der Waals surface area contributed by atoms with Crippen LogP contribution in [0.2, 0.25) is 0 Å². The van der Waals surface area contributed by atoms with Gasteiger partial charge in [0.25, 0.3) is 0 Å². The van der Waals surface area contributed by atoms with Crippen molar-refractivity contribution >= 4 is 16.7 Å². The first kappa shape index (κ1) is 9.41. The molecule has 0 aliphatic carbocycles. The van der Waals surface area contributed by atoms with E-state index < -0.39 is 0 Å². The lowest BCUT2D eigenvalue weighted by molar-refractivity contribution is 0.662. The fraction of sp³-hybridized carbons (Fsp3) is 0.714. The van der Waals surface area contributed by atoms with Crippen molar-refractivity contribution in [3.05, 3.63) is 6.33 Å². The molecule has 12 heavy (non-hydrogen) atoms. The Hall–Kier alpha value is -0.680. The number of anilines is 1. The predicted molar refractivity (Wildman–Crippen MR) is 51.3 cm³/mol. The zero-order valence-corrected chi connectivity index (χ0v) is 7.97. The first-order valence-corrected chi connectivity index (χ1v) is 4.83. The Kier molecular flexibility index (Phi) is 3.96. The van der Waals surface area contributed by atoms with Crippen LogP contribution in [0.4, 0.5) is 5.13 Å². The summed E-state index contributed by atoms with van der Waals surface area (Å²) in [6.07, 6.45) is 3.69. The molecule has 68 valence electrons. The van der Waals surface area contributed by atoms with Crippen molar-refractivity contribution < 1.29 is 0 Å². The maximum atomic E-state index is 5.40. The molecule has 0 aliphatic rings. The van der Waals surface area contributed by atoms with E-state index in [-0.39, 0.29) is 0 Å². The van der Waals surface area contributed by atoms with Crippen LogP contribution < -0.4 is 11.1 Å². The smallest absolute Gasteiger partial charge is 0.202 e. The lowest BCUT2D eigenvalue weighted by Gasteiger charge is -2.10. The molecule has 1 aromatic rings. The van der Waals surface area contributed by atoms with Crippen LogP contribution in [0, 0.1) is 0 Å². The van der Waals surface area contributed by atoms with Crippen LogP contribution in [0.15, 0.2) is 6.33 Å². The summed E-state index contributed by atoms with van der Waals surface area (Å²) in [4.78, 5) is 4.03. The Morgan fingerprint density at radius 1 is 1.75 bits per heavy atom. The van der Waals surface area contributed by atoms with Crippen LogP contribution in [0.5, 0.6) is 0 Å². The fourth-order valence-corrected chi connectivity index (χ4v) is 1.49. The van der Waals surface area contributed by atoms with E-state index >= 15 is 0 Å². The minimum atomic E-state index is 0.432. The highest BCUT2D eigenvalue weighted by atomic mass is 32.1. The highest BCUT2D eigenvalue weighted by Crippen LogP contribution is 2.10. The zero-order valence-electron chi connectivity index (χ0n) is 7.16. The van der Waals surface area contributed by atoms with Crippen molar-refractivity contribution in [3.63, 3.8) is 0 Å². The number of nitrogens with one attached hydrogen (secondary N) is 1. The van der Waals surface area contributed by atoms with Gasteiger partial charge in [0.1, 0.15) is 6.33 Å². The third-order valence-electron chi connectivity index (χ3n) is 1.57. The van der Waals surface area contributed by atoms with Gasteiger partial charge in [-0.3, -0.25) is 0 Å². The second kappa shape index (κ2) is 5.05. The highest BCUT2D eigenvalue weighted by Gasteiger charge is 2.02. The van der Waals surface area contributed by atoms with Crippen molar-refractivity contribution in [1.82, 2.24) is 9.36 Å². The summed E-state index contributed by atoms with van der Waals surface area (Å²) in [6.45, 7) is 2.87. The molecule has 0 amide bonds. The van der Waals surface area contributed by atoms with E-state index in [9.17, 15) is 0 Å². The third-order valence-corrected chi connectivity index (χ3v) is 2.17. The maximum absolute atomic E-state index is 5.40. The average molecular weight is 186 g/mol. The van der Waals surface area contributed by atoms with Gasteiger partial charge in [-0.15, -0.1) is 0 Å². The Morgan fingerprint density at radius 3 is 3.17 bits per heavy atom. The predicted octanol–water partition coefficient (Wildman–Crippen LogP) is 1.08. The third kappa shape index (κ3) is 3.15. The van der Waals surface area contributed by atoms with Crippen molar-refractivity contribution in [2.24, 2.45) is 5.73 Å². The molecular formula is C7H14N4S. The molecule has 0 aliphatic heterocycles. The van der Waals surface area contributed by atoms with Crippen LogP contribution in [0.3, 0.4) is 0 Å². The molecule has 4 nitrogen and oxygen atoms in total. The van der Waals surface area contributed by atoms with E-state index in [0.717, 1.165) is 24.5 Å². The van der Waals surface area contributed by atoms with Gasteiger partial charge in [0.15, 0.2) is 0 Å². The molecule has 0 saturated heterocycles. The molecule has 1 aromatic heterocycles. The van der Waals surface area contributed by atoms with Crippen LogP contribution in [0.1, 0.15) is 19.8 Å². The van der Waals surface area contributed by atoms with E-state index in [0.29, 0.717) is 6.04 Å². The molecule has 0 saturated carbocycles. The first-order chi connectivity index (χ1) is 5.83. The van der Waals surface area contributed by atoms with E-state index in [1.165, 1.54) is 11.5 Å². The zero-order chi connectivity index (χ0) is 8.81. The minimum Gasteiger partial charge on any atom is -0.358 e. The van der Waals surface area contributed by atoms with Crippen molar-refractivity contribution in [2.45, 2.75) is 25.8 Å². The Labute approximate surface area is 76.4 Å². The quantitative estimate of drug-likeness (QED) is 0.722. The number of nitrogens with two attached hydrogens (primary N) is 1. The number of aromatic nitrogens is 2. The van der Waals surface area contributed by atoms with Crippen LogP contribution in [-0.2, 0) is 0 Å². The SMILES string of the molecule is CC(CCCN)Nc1ncns1. The van der Waals surface area contributed by atoms with E-state index in [2.05, 4.69) is 21.6 Å². The van der Waals surface area contributed by atoms with Crippen molar-refractivity contribution in [2.75, 3.05) is 11.9 Å². The molecule has 0 bridgehead atoms. The molecule has 5 heteroatoms. The molecule has 0 spiro atoms. The molecule has 0 aromatic carbocycles. The van der Waals surface area contributed by atoms with Gasteiger partial charge in [-0.25, -0.2) is 4.98 Å². The molecule has 1 unspecified atom stereocenters. The molecular weight excluding hydrogens is 172 g/mol. The van der Waals surface area contributed by atoms with Gasteiger partial charge in [0.05, 0.1) is 0 Å². The average Bonchev–Trinajstić information content (AvgIpc) is 2.53. The summed E-state index contributed by atoms with van der Waals surface area (Å²) in [5.41, 5.74) is 5.40. The van der Waals surface area contributed by atoms with Crippen LogP contribution in [0.25, 0.3) is 0 Å². The standard InChI is InChI=1S/C7H14N4S/c1-6(3-2-4-8)11-7-9-5-10-12-7/h5-6H,2-4,8H2,1H3,(H,9,10,11). The summed E-state index contributed by atoms with van der Waals surface area (Å²) in [7, 11) is 0. The van der Waals surface area contributed by atoms with Gasteiger partial charge in [-0.05, 0) is 26.3 Å². The maximum Gasteiger partial charge on any atom is 0.202 e. The summed E-state index contributed by atoms with van der Waals surface area (Å²) >= 11 is 1.38. The number of hydrogen-bond donors (Lipinski definition) is 2. The van der Waals surface area contributed by atoms with E-state index in [4.69, 9.17) is 5.73 Å². The summed E-state index contributed by atoms with van der Waals surface area (Å²) in [5.74, 6) is 0. The number of hydrogen-bond acceptors (Lipinski definition) is 5. The second-order valence-corrected chi connectivity index (χ2v) is 3.50. The topological polar surface area (TPSA) is 63.8 Å². The summed E-state index contributed by atoms with van der Waals surface area (Å²) < 4.78 is 3.90. The van der Waals surface area contributed by atoms with Crippen LogP contribution >= 0.6 is 11.5 Å². The van der Waals surface area contributed by atoms with Gasteiger partial charge in [0, 0.05) is 17.6 Å².